The van der Waals surface area contributed by atoms with Gasteiger partial charge in [-0.25, -0.2) is 4.98 Å². The molecule has 0 saturated carbocycles. The van der Waals surface area contributed by atoms with Gasteiger partial charge in [0.15, 0.2) is 0 Å². The predicted octanol–water partition coefficient (Wildman–Crippen LogP) is 3.65. The van der Waals surface area contributed by atoms with E-state index in [-0.39, 0.29) is 6.04 Å². The Morgan fingerprint density at radius 3 is 2.90 bits per heavy atom. The first-order valence-electron chi connectivity index (χ1n) is 6.59. The molecule has 1 unspecified atom stereocenters. The first-order valence-corrected chi connectivity index (χ1v) is 7.47. The Kier molecular flexibility index (Phi) is 5.38. The van der Waals surface area contributed by atoms with E-state index in [1.165, 1.54) is 5.56 Å². The Balaban J connectivity index is 2.09. The van der Waals surface area contributed by atoms with Crippen molar-refractivity contribution >= 4 is 17.0 Å². The van der Waals surface area contributed by atoms with Gasteiger partial charge in [0.2, 0.25) is 0 Å². The number of hydrogen-bond donors (Lipinski definition) is 1. The molecule has 4 nitrogen and oxygen atoms in total. The predicted molar refractivity (Wildman–Crippen MR) is 82.7 cm³/mol. The molecular weight excluding hydrogens is 272 g/mol. The van der Waals surface area contributed by atoms with Crippen LogP contribution in [0.3, 0.4) is 0 Å². The average Bonchev–Trinajstić information content (AvgIpc) is 2.96. The van der Waals surface area contributed by atoms with Gasteiger partial charge in [-0.3, -0.25) is 0 Å². The molecule has 0 fully saturated rings. The summed E-state index contributed by atoms with van der Waals surface area (Å²) in [5, 5.41) is 6.50. The van der Waals surface area contributed by atoms with Crippen LogP contribution in [0.25, 0.3) is 0 Å². The van der Waals surface area contributed by atoms with Crippen molar-refractivity contribution < 1.29 is 9.47 Å². The molecule has 0 aliphatic rings. The molecule has 0 aliphatic carbocycles. The fourth-order valence-electron chi connectivity index (χ4n) is 1.85. The van der Waals surface area contributed by atoms with Gasteiger partial charge in [0.05, 0.1) is 18.3 Å². The van der Waals surface area contributed by atoms with Crippen LogP contribution in [-0.4, -0.2) is 25.3 Å². The lowest BCUT2D eigenvalue weighted by molar-refractivity contribution is 0.146. The number of anilines is 1. The molecule has 0 bridgehead atoms. The maximum absolute atomic E-state index is 5.77. The lowest BCUT2D eigenvalue weighted by atomic mass is 10.2. The van der Waals surface area contributed by atoms with Crippen molar-refractivity contribution in [1.29, 1.82) is 0 Å². The van der Waals surface area contributed by atoms with E-state index in [2.05, 4.69) is 30.2 Å². The second-order valence-corrected chi connectivity index (χ2v) is 5.50. The van der Waals surface area contributed by atoms with E-state index in [0.29, 0.717) is 13.2 Å². The molecule has 0 spiro atoms. The highest BCUT2D eigenvalue weighted by Crippen LogP contribution is 2.29. The van der Waals surface area contributed by atoms with Gasteiger partial charge in [0.1, 0.15) is 17.4 Å². The minimum atomic E-state index is 0.155. The zero-order valence-corrected chi connectivity index (χ0v) is 12.9. The number of nitrogens with zero attached hydrogens (tertiary/aromatic N) is 1. The summed E-state index contributed by atoms with van der Waals surface area (Å²) in [6.07, 6.45) is 1.82. The van der Waals surface area contributed by atoms with E-state index in [1.807, 2.05) is 23.7 Å². The Bertz CT molecular complexity index is 529. The van der Waals surface area contributed by atoms with Gasteiger partial charge in [-0.05, 0) is 31.5 Å². The number of thiazole rings is 1. The molecular formula is C15H20N2O2S. The van der Waals surface area contributed by atoms with Crippen molar-refractivity contribution in [3.63, 3.8) is 0 Å². The summed E-state index contributed by atoms with van der Waals surface area (Å²) in [4.78, 5) is 4.33. The molecule has 5 heteroatoms. The topological polar surface area (TPSA) is 43.4 Å². The molecule has 1 aromatic carbocycles. The smallest absolute Gasteiger partial charge is 0.142 e. The molecule has 1 aromatic heterocycles. The van der Waals surface area contributed by atoms with Crippen molar-refractivity contribution in [2.75, 3.05) is 25.6 Å². The number of nitrogens with one attached hydrogen (secondary N) is 1. The van der Waals surface area contributed by atoms with E-state index in [9.17, 15) is 0 Å². The quantitative estimate of drug-likeness (QED) is 0.791. The number of hydrogen-bond acceptors (Lipinski definition) is 5. The van der Waals surface area contributed by atoms with E-state index >= 15 is 0 Å². The molecule has 1 heterocycles. The highest BCUT2D eigenvalue weighted by atomic mass is 32.1. The summed E-state index contributed by atoms with van der Waals surface area (Å²) < 4.78 is 10.8. The number of methoxy groups -OCH3 is 1. The number of ether oxygens (including phenoxy) is 2. The van der Waals surface area contributed by atoms with Crippen LogP contribution in [0.5, 0.6) is 5.75 Å². The summed E-state index contributed by atoms with van der Waals surface area (Å²) in [5.41, 5.74) is 2.15. The van der Waals surface area contributed by atoms with Crippen LogP contribution < -0.4 is 10.1 Å². The Morgan fingerprint density at radius 2 is 2.20 bits per heavy atom. The van der Waals surface area contributed by atoms with E-state index in [1.54, 1.807) is 18.4 Å². The fraction of sp³-hybridized carbons (Fsp3) is 0.400. The minimum absolute atomic E-state index is 0.155. The monoisotopic (exact) mass is 292 g/mol. The van der Waals surface area contributed by atoms with Gasteiger partial charge >= 0.3 is 0 Å². The maximum Gasteiger partial charge on any atom is 0.142 e. The summed E-state index contributed by atoms with van der Waals surface area (Å²) in [7, 11) is 1.67. The summed E-state index contributed by atoms with van der Waals surface area (Å²) in [6.45, 7) is 5.27. The van der Waals surface area contributed by atoms with Gasteiger partial charge in [-0.1, -0.05) is 6.07 Å². The Morgan fingerprint density at radius 1 is 1.35 bits per heavy atom. The van der Waals surface area contributed by atoms with Crippen LogP contribution in [0.2, 0.25) is 0 Å². The van der Waals surface area contributed by atoms with Gasteiger partial charge in [0.25, 0.3) is 0 Å². The molecule has 0 radical (unpaired) electrons. The third kappa shape index (κ3) is 3.95. The third-order valence-electron chi connectivity index (χ3n) is 2.88. The van der Waals surface area contributed by atoms with Crippen molar-refractivity contribution in [2.45, 2.75) is 19.9 Å². The number of rotatable bonds is 7. The van der Waals surface area contributed by atoms with Crippen LogP contribution in [0.4, 0.5) is 5.69 Å². The van der Waals surface area contributed by atoms with Crippen molar-refractivity contribution in [2.24, 2.45) is 0 Å². The lowest BCUT2D eigenvalue weighted by Crippen LogP contribution is -2.10. The fourth-order valence-corrected chi connectivity index (χ4v) is 2.49. The summed E-state index contributed by atoms with van der Waals surface area (Å²) in [6, 6.07) is 6.30. The van der Waals surface area contributed by atoms with Crippen molar-refractivity contribution in [1.82, 2.24) is 4.98 Å². The SMILES string of the molecule is COCCOc1cc(C)ccc1NC(C)c1nccs1. The highest BCUT2D eigenvalue weighted by molar-refractivity contribution is 7.09. The third-order valence-corrected chi connectivity index (χ3v) is 3.83. The van der Waals surface area contributed by atoms with Gasteiger partial charge in [-0.15, -0.1) is 11.3 Å². The van der Waals surface area contributed by atoms with Gasteiger partial charge in [0, 0.05) is 18.7 Å². The molecule has 2 aromatic rings. The molecule has 108 valence electrons. The normalized spacial score (nSPS) is 12.2. The zero-order chi connectivity index (χ0) is 14.4. The number of aryl methyl sites for hydroxylation is 1. The largest absolute Gasteiger partial charge is 0.489 e. The number of aromatic nitrogens is 1. The molecule has 20 heavy (non-hydrogen) atoms. The van der Waals surface area contributed by atoms with Crippen molar-refractivity contribution in [3.05, 3.63) is 40.3 Å². The Hall–Kier alpha value is -1.59. The van der Waals surface area contributed by atoms with Crippen LogP contribution in [-0.2, 0) is 4.74 Å². The van der Waals surface area contributed by atoms with E-state index in [4.69, 9.17) is 9.47 Å². The van der Waals surface area contributed by atoms with Crippen LogP contribution in [0.15, 0.2) is 29.8 Å². The number of benzene rings is 1. The van der Waals surface area contributed by atoms with E-state index < -0.39 is 0 Å². The van der Waals surface area contributed by atoms with Crippen molar-refractivity contribution in [3.8, 4) is 5.75 Å². The summed E-state index contributed by atoms with van der Waals surface area (Å²) >= 11 is 1.65. The zero-order valence-electron chi connectivity index (χ0n) is 12.1. The minimum Gasteiger partial charge on any atom is -0.489 e. The Labute approximate surface area is 123 Å². The second kappa shape index (κ2) is 7.26. The van der Waals surface area contributed by atoms with Crippen LogP contribution in [0.1, 0.15) is 23.5 Å². The average molecular weight is 292 g/mol. The van der Waals surface area contributed by atoms with Crippen LogP contribution in [0, 0.1) is 6.92 Å². The van der Waals surface area contributed by atoms with Gasteiger partial charge in [-0.2, -0.15) is 0 Å². The first kappa shape index (κ1) is 14.8. The second-order valence-electron chi connectivity index (χ2n) is 4.58. The molecule has 0 amide bonds. The molecule has 1 atom stereocenters. The van der Waals surface area contributed by atoms with E-state index in [0.717, 1.165) is 16.4 Å². The molecule has 2 rings (SSSR count). The lowest BCUT2D eigenvalue weighted by Gasteiger charge is -2.17. The standard InChI is InChI=1S/C15H20N2O2S/c1-11-4-5-13(14(10-11)19-8-7-18-3)17-12(2)15-16-6-9-20-15/h4-6,9-10,12,17H,7-8H2,1-3H3. The van der Waals surface area contributed by atoms with Crippen LogP contribution >= 0.6 is 11.3 Å². The molecule has 1 N–H and O–H groups in total. The first-order chi connectivity index (χ1) is 9.70. The highest BCUT2D eigenvalue weighted by Gasteiger charge is 2.11. The molecule has 0 aliphatic heterocycles. The summed E-state index contributed by atoms with van der Waals surface area (Å²) in [5.74, 6) is 0.852. The molecule has 0 saturated heterocycles. The van der Waals surface area contributed by atoms with Gasteiger partial charge < -0.3 is 14.8 Å². The maximum atomic E-state index is 5.77.